The van der Waals surface area contributed by atoms with Gasteiger partial charge in [0.25, 0.3) is 5.91 Å². The minimum absolute atomic E-state index is 0.150. The zero-order chi connectivity index (χ0) is 13.8. The highest BCUT2D eigenvalue weighted by Gasteiger charge is 2.33. The van der Waals surface area contributed by atoms with E-state index in [-0.39, 0.29) is 11.9 Å². The number of pyridine rings is 1. The Kier molecular flexibility index (Phi) is 4.14. The van der Waals surface area contributed by atoms with E-state index >= 15 is 0 Å². The number of esters is 1. The molecular formula is C14H18N2O3. The summed E-state index contributed by atoms with van der Waals surface area (Å²) in [6.07, 6.45) is 4.08. The number of carbonyl (C=O) groups is 2. The summed E-state index contributed by atoms with van der Waals surface area (Å²) in [5.41, 5.74) is 1.38. The van der Waals surface area contributed by atoms with E-state index in [9.17, 15) is 9.59 Å². The number of rotatable bonds is 2. The molecule has 1 aromatic rings. The number of hydrogen-bond acceptors (Lipinski definition) is 4. The summed E-state index contributed by atoms with van der Waals surface area (Å²) in [6.45, 7) is 2.46. The summed E-state index contributed by atoms with van der Waals surface area (Å²) < 4.78 is 4.78. The zero-order valence-corrected chi connectivity index (χ0v) is 11.3. The van der Waals surface area contributed by atoms with Crippen LogP contribution in [0.1, 0.15) is 35.3 Å². The minimum atomic E-state index is -0.465. The topological polar surface area (TPSA) is 59.5 Å². The molecule has 1 amide bonds. The largest absolute Gasteiger partial charge is 0.467 e. The Labute approximate surface area is 112 Å². The van der Waals surface area contributed by atoms with Crippen molar-refractivity contribution in [1.29, 1.82) is 0 Å². The van der Waals surface area contributed by atoms with Gasteiger partial charge in [0.05, 0.1) is 12.7 Å². The first-order chi connectivity index (χ1) is 9.13. The molecule has 2 heterocycles. The minimum Gasteiger partial charge on any atom is -0.467 e. The van der Waals surface area contributed by atoms with Gasteiger partial charge in [-0.1, -0.05) is 0 Å². The highest BCUT2D eigenvalue weighted by Crippen LogP contribution is 2.20. The first kappa shape index (κ1) is 13.5. The van der Waals surface area contributed by atoms with Crippen molar-refractivity contribution in [2.45, 2.75) is 32.2 Å². The Morgan fingerprint density at radius 3 is 2.79 bits per heavy atom. The normalized spacial score (nSPS) is 19.1. The van der Waals surface area contributed by atoms with Crippen LogP contribution in [0.25, 0.3) is 0 Å². The molecule has 0 aromatic carbocycles. The van der Waals surface area contributed by atoms with E-state index in [1.807, 2.05) is 6.92 Å². The van der Waals surface area contributed by atoms with E-state index in [0.717, 1.165) is 18.5 Å². The van der Waals surface area contributed by atoms with Gasteiger partial charge in [-0.2, -0.15) is 0 Å². The fourth-order valence-corrected chi connectivity index (χ4v) is 2.32. The Bertz CT molecular complexity index is 470. The quantitative estimate of drug-likeness (QED) is 0.759. The molecule has 102 valence electrons. The molecule has 0 saturated carbocycles. The standard InChI is InChI=1S/C14H18N2O3/c1-10-6-7-11(9-15-10)13(17)16-8-4-3-5-12(16)14(18)19-2/h6-7,9,12H,3-5,8H2,1-2H3. The molecule has 1 unspecified atom stereocenters. The number of nitrogens with zero attached hydrogens (tertiary/aromatic N) is 2. The van der Waals surface area contributed by atoms with E-state index in [1.165, 1.54) is 7.11 Å². The number of ether oxygens (including phenoxy) is 1. The Balaban J connectivity index is 2.20. The lowest BCUT2D eigenvalue weighted by Crippen LogP contribution is -2.48. The van der Waals surface area contributed by atoms with Gasteiger partial charge in [-0.25, -0.2) is 4.79 Å². The van der Waals surface area contributed by atoms with Crippen LogP contribution in [0.5, 0.6) is 0 Å². The second-order valence-electron chi connectivity index (χ2n) is 4.72. The van der Waals surface area contributed by atoms with Crippen LogP contribution in [0.3, 0.4) is 0 Å². The maximum Gasteiger partial charge on any atom is 0.328 e. The molecular weight excluding hydrogens is 244 g/mol. The van der Waals surface area contributed by atoms with Crippen LogP contribution in [-0.4, -0.2) is 41.5 Å². The molecule has 19 heavy (non-hydrogen) atoms. The molecule has 0 N–H and O–H groups in total. The smallest absolute Gasteiger partial charge is 0.328 e. The summed E-state index contributed by atoms with van der Waals surface area (Å²) >= 11 is 0. The summed E-state index contributed by atoms with van der Waals surface area (Å²) in [5, 5.41) is 0. The van der Waals surface area contributed by atoms with Crippen LogP contribution < -0.4 is 0 Å². The molecule has 5 heteroatoms. The lowest BCUT2D eigenvalue weighted by Gasteiger charge is -2.33. The van der Waals surface area contributed by atoms with Crippen molar-refractivity contribution in [1.82, 2.24) is 9.88 Å². The third-order valence-electron chi connectivity index (χ3n) is 3.40. The number of likely N-dealkylation sites (tertiary alicyclic amines) is 1. The van der Waals surface area contributed by atoms with Crippen LogP contribution in [-0.2, 0) is 9.53 Å². The van der Waals surface area contributed by atoms with Crippen molar-refractivity contribution in [3.63, 3.8) is 0 Å². The van der Waals surface area contributed by atoms with Gasteiger partial charge < -0.3 is 9.64 Å². The average molecular weight is 262 g/mol. The van der Waals surface area contributed by atoms with E-state index in [4.69, 9.17) is 4.74 Å². The number of piperidine rings is 1. The number of methoxy groups -OCH3 is 1. The molecule has 2 rings (SSSR count). The van der Waals surface area contributed by atoms with Crippen molar-refractivity contribution >= 4 is 11.9 Å². The highest BCUT2D eigenvalue weighted by atomic mass is 16.5. The van der Waals surface area contributed by atoms with E-state index in [1.54, 1.807) is 23.2 Å². The van der Waals surface area contributed by atoms with Crippen molar-refractivity contribution in [2.24, 2.45) is 0 Å². The van der Waals surface area contributed by atoms with Crippen LogP contribution >= 0.6 is 0 Å². The fraction of sp³-hybridized carbons (Fsp3) is 0.500. The van der Waals surface area contributed by atoms with Crippen molar-refractivity contribution in [2.75, 3.05) is 13.7 Å². The van der Waals surface area contributed by atoms with E-state index < -0.39 is 6.04 Å². The van der Waals surface area contributed by atoms with Crippen molar-refractivity contribution < 1.29 is 14.3 Å². The van der Waals surface area contributed by atoms with Gasteiger partial charge in [-0.15, -0.1) is 0 Å². The zero-order valence-electron chi connectivity index (χ0n) is 11.3. The van der Waals surface area contributed by atoms with Crippen molar-refractivity contribution in [3.05, 3.63) is 29.6 Å². The second kappa shape index (κ2) is 5.82. The van der Waals surface area contributed by atoms with Crippen LogP contribution in [0.15, 0.2) is 18.3 Å². The molecule has 1 atom stereocenters. The molecule has 0 bridgehead atoms. The van der Waals surface area contributed by atoms with Gasteiger partial charge >= 0.3 is 5.97 Å². The number of carbonyl (C=O) groups excluding carboxylic acids is 2. The Hall–Kier alpha value is -1.91. The monoisotopic (exact) mass is 262 g/mol. The summed E-state index contributed by atoms with van der Waals surface area (Å²) in [7, 11) is 1.35. The maximum atomic E-state index is 12.4. The summed E-state index contributed by atoms with van der Waals surface area (Å²) in [5.74, 6) is -0.490. The molecule has 1 aromatic heterocycles. The Morgan fingerprint density at radius 2 is 2.16 bits per heavy atom. The van der Waals surface area contributed by atoms with Crippen LogP contribution in [0, 0.1) is 6.92 Å². The number of aromatic nitrogens is 1. The fourth-order valence-electron chi connectivity index (χ4n) is 2.32. The van der Waals surface area contributed by atoms with E-state index in [2.05, 4.69) is 4.98 Å². The second-order valence-corrected chi connectivity index (χ2v) is 4.72. The molecule has 1 aliphatic heterocycles. The lowest BCUT2D eigenvalue weighted by atomic mass is 10.0. The molecule has 1 saturated heterocycles. The molecule has 1 aliphatic rings. The summed E-state index contributed by atoms with van der Waals surface area (Å²) in [6, 6.07) is 3.07. The number of hydrogen-bond donors (Lipinski definition) is 0. The van der Waals surface area contributed by atoms with Gasteiger partial charge in [0, 0.05) is 18.4 Å². The first-order valence-corrected chi connectivity index (χ1v) is 6.45. The average Bonchev–Trinajstić information content (AvgIpc) is 2.46. The highest BCUT2D eigenvalue weighted by molar-refractivity contribution is 5.96. The number of aryl methyl sites for hydroxylation is 1. The molecule has 0 spiro atoms. The molecule has 5 nitrogen and oxygen atoms in total. The third kappa shape index (κ3) is 2.92. The lowest BCUT2D eigenvalue weighted by molar-refractivity contribution is -0.147. The third-order valence-corrected chi connectivity index (χ3v) is 3.40. The predicted octanol–water partition coefficient (Wildman–Crippen LogP) is 1.56. The Morgan fingerprint density at radius 1 is 1.37 bits per heavy atom. The van der Waals surface area contributed by atoms with Gasteiger partial charge in [0.2, 0.25) is 0 Å². The predicted molar refractivity (Wildman–Crippen MR) is 69.7 cm³/mol. The van der Waals surface area contributed by atoms with Gasteiger partial charge in [-0.3, -0.25) is 9.78 Å². The SMILES string of the molecule is COC(=O)C1CCCCN1C(=O)c1ccc(C)nc1. The van der Waals surface area contributed by atoms with Crippen LogP contribution in [0.4, 0.5) is 0 Å². The number of amides is 1. The summed E-state index contributed by atoms with van der Waals surface area (Å²) in [4.78, 5) is 29.9. The van der Waals surface area contributed by atoms with Gasteiger partial charge in [0.1, 0.15) is 6.04 Å². The van der Waals surface area contributed by atoms with Crippen molar-refractivity contribution in [3.8, 4) is 0 Å². The van der Waals surface area contributed by atoms with Crippen LogP contribution in [0.2, 0.25) is 0 Å². The molecule has 0 aliphatic carbocycles. The molecule has 0 radical (unpaired) electrons. The van der Waals surface area contributed by atoms with Gasteiger partial charge in [-0.05, 0) is 38.3 Å². The maximum absolute atomic E-state index is 12.4. The first-order valence-electron chi connectivity index (χ1n) is 6.45. The van der Waals surface area contributed by atoms with E-state index in [0.29, 0.717) is 18.5 Å². The van der Waals surface area contributed by atoms with Gasteiger partial charge in [0.15, 0.2) is 0 Å². The molecule has 1 fully saturated rings.